The van der Waals surface area contributed by atoms with Gasteiger partial charge in [0.1, 0.15) is 13.2 Å². The fraction of sp³-hybridized carbons (Fsp3) is 0.929. The average Bonchev–Trinajstić information content (AvgIpc) is 2.66. The van der Waals surface area contributed by atoms with Gasteiger partial charge < -0.3 is 33.2 Å². The van der Waals surface area contributed by atoms with Gasteiger partial charge in [-0.3, -0.25) is 0 Å². The maximum absolute atomic E-state index is 12.5. The lowest BCUT2D eigenvalue weighted by molar-refractivity contribution is -0.187. The van der Waals surface area contributed by atoms with E-state index in [-0.39, 0.29) is 62.0 Å². The van der Waals surface area contributed by atoms with Crippen LogP contribution in [0.4, 0.5) is 0 Å². The highest BCUT2D eigenvalue weighted by atomic mass is 16.6. The number of rotatable bonds is 16. The van der Waals surface area contributed by atoms with E-state index >= 15 is 0 Å². The number of hydrogen-bond donors (Lipinski definition) is 0. The Bertz CT molecular complexity index is 631. The highest BCUT2D eigenvalue weighted by Crippen LogP contribution is 2.19. The number of ether oxygens (including phenoxy) is 7. The van der Waals surface area contributed by atoms with E-state index in [1.807, 2.05) is 69.2 Å². The molecule has 0 N–H and O–H groups in total. The van der Waals surface area contributed by atoms with Crippen molar-refractivity contribution in [3.05, 3.63) is 0 Å². The van der Waals surface area contributed by atoms with Crippen LogP contribution in [0.5, 0.6) is 0 Å². The minimum Gasteiger partial charge on any atom is -0.461 e. The fourth-order valence-electron chi connectivity index (χ4n) is 3.58. The Morgan fingerprint density at radius 3 is 1.03 bits per heavy atom. The summed E-state index contributed by atoms with van der Waals surface area (Å²) in [4.78, 5) is 25.0. The summed E-state index contributed by atoms with van der Waals surface area (Å²) >= 11 is 0. The summed E-state index contributed by atoms with van der Waals surface area (Å²) in [5.74, 6) is -0.939. The Labute approximate surface area is 225 Å². The summed E-state index contributed by atoms with van der Waals surface area (Å²) in [6.07, 6.45) is -1.21. The van der Waals surface area contributed by atoms with Crippen LogP contribution in [-0.2, 0) is 42.7 Å². The van der Waals surface area contributed by atoms with Gasteiger partial charge >= 0.3 is 11.9 Å². The van der Waals surface area contributed by atoms with Crippen LogP contribution in [0.1, 0.15) is 96.9 Å². The zero-order valence-electron chi connectivity index (χ0n) is 25.8. The Morgan fingerprint density at radius 2 is 0.757 bits per heavy atom. The summed E-state index contributed by atoms with van der Waals surface area (Å²) in [5.41, 5.74) is -2.93. The van der Waals surface area contributed by atoms with Gasteiger partial charge in [-0.05, 0) is 96.9 Å². The topological polar surface area (TPSA) is 98.8 Å². The standard InChI is InChI=1S/C28H54O9/c1-19(36-27(11,12)23(29)32-17-21(3)34-25(5,6)7)15-31-16-20(2)37-28(13,14)24(30)33-18-22(4)35-26(8,9)10/h19-22H,15-18H2,1-14H3. The SMILES string of the molecule is CC(COC(=O)C(C)(C)OC(C)COCC(C)OC(C)(C)C(=O)OCC(C)OC(C)(C)C)OC(C)(C)C. The van der Waals surface area contributed by atoms with Crippen LogP contribution in [0.3, 0.4) is 0 Å². The van der Waals surface area contributed by atoms with Crippen LogP contribution in [0.25, 0.3) is 0 Å². The van der Waals surface area contributed by atoms with E-state index in [1.165, 1.54) is 0 Å². The van der Waals surface area contributed by atoms with Gasteiger partial charge in [-0.1, -0.05) is 0 Å². The van der Waals surface area contributed by atoms with Crippen LogP contribution in [0, 0.1) is 0 Å². The molecule has 0 fully saturated rings. The van der Waals surface area contributed by atoms with Crippen molar-refractivity contribution in [1.29, 1.82) is 0 Å². The van der Waals surface area contributed by atoms with E-state index in [0.29, 0.717) is 0 Å². The van der Waals surface area contributed by atoms with Gasteiger partial charge in [-0.15, -0.1) is 0 Å². The van der Waals surface area contributed by atoms with E-state index in [1.54, 1.807) is 27.7 Å². The molecular weight excluding hydrogens is 480 g/mol. The molecule has 0 aliphatic heterocycles. The highest BCUT2D eigenvalue weighted by molar-refractivity contribution is 5.79. The molecule has 0 aromatic carbocycles. The van der Waals surface area contributed by atoms with Gasteiger partial charge in [-0.25, -0.2) is 9.59 Å². The third kappa shape index (κ3) is 17.0. The van der Waals surface area contributed by atoms with Gasteiger partial charge in [0.15, 0.2) is 11.2 Å². The number of carbonyl (C=O) groups excluding carboxylic acids is 2. The molecule has 0 spiro atoms. The maximum atomic E-state index is 12.5. The van der Waals surface area contributed by atoms with Gasteiger partial charge in [0.05, 0.1) is 48.8 Å². The molecule has 0 radical (unpaired) electrons. The van der Waals surface area contributed by atoms with Crippen molar-refractivity contribution < 1.29 is 42.7 Å². The van der Waals surface area contributed by atoms with E-state index in [4.69, 9.17) is 33.2 Å². The fourth-order valence-corrected chi connectivity index (χ4v) is 3.58. The largest absolute Gasteiger partial charge is 0.461 e. The number of carbonyl (C=O) groups is 2. The van der Waals surface area contributed by atoms with Crippen LogP contribution in [0.15, 0.2) is 0 Å². The Hall–Kier alpha value is -1.26. The molecule has 37 heavy (non-hydrogen) atoms. The van der Waals surface area contributed by atoms with Crippen molar-refractivity contribution >= 4 is 11.9 Å². The first kappa shape index (κ1) is 35.7. The normalized spacial score (nSPS) is 16.6. The van der Waals surface area contributed by atoms with Gasteiger partial charge in [0.2, 0.25) is 0 Å². The Balaban J connectivity index is 4.46. The second-order valence-electron chi connectivity index (χ2n) is 12.7. The predicted octanol–water partition coefficient (Wildman–Crippen LogP) is 4.86. The molecule has 0 heterocycles. The van der Waals surface area contributed by atoms with Crippen LogP contribution in [-0.4, -0.2) is 85.2 Å². The van der Waals surface area contributed by atoms with E-state index in [0.717, 1.165) is 0 Å². The molecule has 0 rings (SSSR count). The van der Waals surface area contributed by atoms with E-state index < -0.39 is 23.1 Å². The van der Waals surface area contributed by atoms with Crippen LogP contribution in [0.2, 0.25) is 0 Å². The lowest BCUT2D eigenvalue weighted by atomic mass is 10.1. The zero-order valence-corrected chi connectivity index (χ0v) is 25.8. The molecule has 220 valence electrons. The Kier molecular flexibility index (Phi) is 14.3. The molecule has 0 bridgehead atoms. The predicted molar refractivity (Wildman–Crippen MR) is 143 cm³/mol. The zero-order chi connectivity index (χ0) is 29.2. The van der Waals surface area contributed by atoms with Crippen molar-refractivity contribution in [3.8, 4) is 0 Å². The molecule has 4 atom stereocenters. The van der Waals surface area contributed by atoms with Crippen LogP contribution < -0.4 is 0 Å². The first-order valence-electron chi connectivity index (χ1n) is 13.2. The smallest absolute Gasteiger partial charge is 0.337 e. The molecule has 0 saturated carbocycles. The first-order valence-corrected chi connectivity index (χ1v) is 13.2. The third-order valence-electron chi connectivity index (χ3n) is 4.69. The summed E-state index contributed by atoms with van der Waals surface area (Å²) in [7, 11) is 0. The second kappa shape index (κ2) is 14.8. The summed E-state index contributed by atoms with van der Waals surface area (Å²) in [6, 6.07) is 0. The highest BCUT2D eigenvalue weighted by Gasteiger charge is 2.35. The summed E-state index contributed by atoms with van der Waals surface area (Å²) in [5, 5.41) is 0. The van der Waals surface area contributed by atoms with Crippen molar-refractivity contribution in [3.63, 3.8) is 0 Å². The van der Waals surface area contributed by atoms with Gasteiger partial charge in [0.25, 0.3) is 0 Å². The van der Waals surface area contributed by atoms with E-state index in [2.05, 4.69) is 0 Å². The third-order valence-corrected chi connectivity index (χ3v) is 4.69. The second-order valence-corrected chi connectivity index (χ2v) is 12.7. The molecule has 0 aromatic rings. The molecular formula is C28H54O9. The molecule has 0 aromatic heterocycles. The minimum atomic E-state index is -1.15. The summed E-state index contributed by atoms with van der Waals surface area (Å²) in [6.45, 7) is 26.4. The van der Waals surface area contributed by atoms with Gasteiger partial charge in [-0.2, -0.15) is 0 Å². The monoisotopic (exact) mass is 534 g/mol. The molecule has 9 heteroatoms. The van der Waals surface area contributed by atoms with Crippen LogP contribution >= 0.6 is 0 Å². The Morgan fingerprint density at radius 1 is 0.486 bits per heavy atom. The van der Waals surface area contributed by atoms with Crippen molar-refractivity contribution in [2.75, 3.05) is 26.4 Å². The van der Waals surface area contributed by atoms with Crippen molar-refractivity contribution in [2.24, 2.45) is 0 Å². The summed E-state index contributed by atoms with van der Waals surface area (Å²) < 4.78 is 39.8. The molecule has 0 aliphatic carbocycles. The molecule has 0 amide bonds. The minimum absolute atomic E-state index is 0.142. The lowest BCUT2D eigenvalue weighted by Gasteiger charge is -2.30. The number of esters is 2. The molecule has 0 aliphatic rings. The lowest BCUT2D eigenvalue weighted by Crippen LogP contribution is -2.43. The molecule has 9 nitrogen and oxygen atoms in total. The molecule has 0 saturated heterocycles. The van der Waals surface area contributed by atoms with Gasteiger partial charge in [0, 0.05) is 0 Å². The van der Waals surface area contributed by atoms with Crippen molar-refractivity contribution in [1.82, 2.24) is 0 Å². The quantitative estimate of drug-likeness (QED) is 0.257. The molecule has 4 unspecified atom stereocenters. The average molecular weight is 535 g/mol. The first-order chi connectivity index (χ1) is 16.5. The number of hydrogen-bond acceptors (Lipinski definition) is 9. The maximum Gasteiger partial charge on any atom is 0.337 e. The van der Waals surface area contributed by atoms with Crippen molar-refractivity contribution in [2.45, 2.75) is 144 Å². The van der Waals surface area contributed by atoms with E-state index in [9.17, 15) is 9.59 Å².